The lowest BCUT2D eigenvalue weighted by atomic mass is 10.1. The van der Waals surface area contributed by atoms with E-state index in [-0.39, 0.29) is 0 Å². The van der Waals surface area contributed by atoms with Gasteiger partial charge >= 0.3 is 0 Å². The van der Waals surface area contributed by atoms with Crippen LogP contribution in [0, 0.1) is 5.92 Å². The summed E-state index contributed by atoms with van der Waals surface area (Å²) in [7, 11) is 4.19. The molecule has 0 saturated carbocycles. The van der Waals surface area contributed by atoms with Crippen LogP contribution in [-0.4, -0.2) is 51.7 Å². The van der Waals surface area contributed by atoms with Crippen LogP contribution in [0.15, 0.2) is 0 Å². The van der Waals surface area contributed by atoms with E-state index in [0.717, 1.165) is 19.0 Å². The third kappa shape index (κ3) is 6.35. The molecule has 0 bridgehead atoms. The van der Waals surface area contributed by atoms with E-state index < -0.39 is 0 Å². The van der Waals surface area contributed by atoms with Crippen LogP contribution in [0.25, 0.3) is 0 Å². The van der Waals surface area contributed by atoms with Crippen LogP contribution in [0.1, 0.15) is 20.3 Å². The molecule has 0 aromatic carbocycles. The normalized spacial score (nSPS) is 21.9. The van der Waals surface area contributed by atoms with Gasteiger partial charge in [0, 0.05) is 19.6 Å². The molecule has 0 amide bonds. The Bertz CT molecular complexity index is 117. The summed E-state index contributed by atoms with van der Waals surface area (Å²) in [4.78, 5) is 2.41. The third-order valence-corrected chi connectivity index (χ3v) is 2.47. The summed E-state index contributed by atoms with van der Waals surface area (Å²) in [5, 5.41) is 6.59. The lowest BCUT2D eigenvalue weighted by molar-refractivity contribution is 0.388. The SMILES string of the molecule is CC.CNCCNCC1CCN(C)C1. The second-order valence-corrected chi connectivity index (χ2v) is 3.72. The molecule has 1 heterocycles. The summed E-state index contributed by atoms with van der Waals surface area (Å²) in [6.45, 7) is 9.90. The van der Waals surface area contributed by atoms with Gasteiger partial charge in [-0.2, -0.15) is 0 Å². The largest absolute Gasteiger partial charge is 0.318 e. The molecule has 3 nitrogen and oxygen atoms in total. The van der Waals surface area contributed by atoms with E-state index in [1.807, 2.05) is 20.9 Å². The van der Waals surface area contributed by atoms with Gasteiger partial charge in [-0.05, 0) is 39.5 Å². The maximum Gasteiger partial charge on any atom is 0.00767 e. The molecule has 0 aliphatic carbocycles. The zero-order valence-electron chi connectivity index (χ0n) is 10.3. The molecule has 0 aromatic heterocycles. The zero-order valence-corrected chi connectivity index (χ0v) is 10.3. The van der Waals surface area contributed by atoms with Crippen molar-refractivity contribution >= 4 is 0 Å². The van der Waals surface area contributed by atoms with Gasteiger partial charge in [-0.25, -0.2) is 0 Å². The molecule has 1 fully saturated rings. The quantitative estimate of drug-likeness (QED) is 0.644. The molecule has 0 radical (unpaired) electrons. The van der Waals surface area contributed by atoms with Crippen molar-refractivity contribution in [3.05, 3.63) is 0 Å². The van der Waals surface area contributed by atoms with Crippen molar-refractivity contribution in [3.8, 4) is 0 Å². The van der Waals surface area contributed by atoms with Gasteiger partial charge in [0.05, 0.1) is 0 Å². The number of hydrogen-bond acceptors (Lipinski definition) is 3. The number of likely N-dealkylation sites (tertiary alicyclic amines) is 1. The molecule has 0 aromatic rings. The van der Waals surface area contributed by atoms with E-state index in [2.05, 4.69) is 22.6 Å². The fourth-order valence-corrected chi connectivity index (χ4v) is 1.71. The lowest BCUT2D eigenvalue weighted by Gasteiger charge is -2.11. The number of nitrogens with zero attached hydrogens (tertiary/aromatic N) is 1. The highest BCUT2D eigenvalue weighted by Gasteiger charge is 2.18. The molecule has 1 rings (SSSR count). The Morgan fingerprint density at radius 3 is 2.50 bits per heavy atom. The molecule has 1 atom stereocenters. The summed E-state index contributed by atoms with van der Waals surface area (Å²) in [5.74, 6) is 0.881. The molecule has 3 heteroatoms. The fraction of sp³-hybridized carbons (Fsp3) is 1.00. The molecule has 14 heavy (non-hydrogen) atoms. The first kappa shape index (κ1) is 13.9. The summed E-state index contributed by atoms with van der Waals surface area (Å²) >= 11 is 0. The summed E-state index contributed by atoms with van der Waals surface area (Å²) in [5.41, 5.74) is 0. The minimum atomic E-state index is 0.881. The van der Waals surface area contributed by atoms with Gasteiger partial charge in [-0.15, -0.1) is 0 Å². The van der Waals surface area contributed by atoms with Crippen LogP contribution in [0.3, 0.4) is 0 Å². The monoisotopic (exact) mass is 201 g/mol. The molecule has 1 saturated heterocycles. The highest BCUT2D eigenvalue weighted by atomic mass is 15.1. The number of rotatable bonds is 5. The Morgan fingerprint density at radius 1 is 1.29 bits per heavy atom. The molecule has 1 unspecified atom stereocenters. The summed E-state index contributed by atoms with van der Waals surface area (Å²) in [6.07, 6.45) is 1.36. The maximum absolute atomic E-state index is 3.46. The highest BCUT2D eigenvalue weighted by Crippen LogP contribution is 2.12. The molecule has 1 aliphatic heterocycles. The van der Waals surface area contributed by atoms with E-state index >= 15 is 0 Å². The third-order valence-electron chi connectivity index (χ3n) is 2.47. The van der Waals surface area contributed by atoms with E-state index in [1.165, 1.54) is 26.1 Å². The van der Waals surface area contributed by atoms with Gasteiger partial charge in [0.2, 0.25) is 0 Å². The van der Waals surface area contributed by atoms with E-state index in [4.69, 9.17) is 0 Å². The van der Waals surface area contributed by atoms with Gasteiger partial charge in [0.25, 0.3) is 0 Å². The van der Waals surface area contributed by atoms with Crippen molar-refractivity contribution in [2.24, 2.45) is 5.92 Å². The minimum absolute atomic E-state index is 0.881. The summed E-state index contributed by atoms with van der Waals surface area (Å²) < 4.78 is 0. The van der Waals surface area contributed by atoms with Crippen LogP contribution >= 0.6 is 0 Å². The van der Waals surface area contributed by atoms with E-state index in [9.17, 15) is 0 Å². The van der Waals surface area contributed by atoms with Gasteiger partial charge in [0.1, 0.15) is 0 Å². The van der Waals surface area contributed by atoms with Crippen LogP contribution in [0.5, 0.6) is 0 Å². The number of likely N-dealkylation sites (N-methyl/N-ethyl adjacent to an activating group) is 1. The van der Waals surface area contributed by atoms with Crippen molar-refractivity contribution < 1.29 is 0 Å². The smallest absolute Gasteiger partial charge is 0.00767 e. The second kappa shape index (κ2) is 9.44. The van der Waals surface area contributed by atoms with Crippen LogP contribution in [0.4, 0.5) is 0 Å². The molecular formula is C11H27N3. The lowest BCUT2D eigenvalue weighted by Crippen LogP contribution is -2.30. The second-order valence-electron chi connectivity index (χ2n) is 3.72. The molecule has 0 spiro atoms. The van der Waals surface area contributed by atoms with Gasteiger partial charge < -0.3 is 15.5 Å². The van der Waals surface area contributed by atoms with E-state index in [1.54, 1.807) is 0 Å². The predicted octanol–water partition coefficient (Wildman–Crippen LogP) is 0.773. The highest BCUT2D eigenvalue weighted by molar-refractivity contribution is 4.74. The minimum Gasteiger partial charge on any atom is -0.318 e. The first-order valence-corrected chi connectivity index (χ1v) is 5.87. The Kier molecular flexibility index (Phi) is 9.35. The van der Waals surface area contributed by atoms with Crippen molar-refractivity contribution in [2.45, 2.75) is 20.3 Å². The van der Waals surface area contributed by atoms with Gasteiger partial charge in [-0.3, -0.25) is 0 Å². The average Bonchev–Trinajstić information content (AvgIpc) is 2.62. The predicted molar refractivity (Wildman–Crippen MR) is 63.7 cm³/mol. The summed E-state index contributed by atoms with van der Waals surface area (Å²) in [6, 6.07) is 0. The average molecular weight is 201 g/mol. The Morgan fingerprint density at radius 2 is 2.00 bits per heavy atom. The van der Waals surface area contributed by atoms with Gasteiger partial charge in [0.15, 0.2) is 0 Å². The Labute approximate surface area is 89.2 Å². The van der Waals surface area contributed by atoms with Crippen molar-refractivity contribution in [1.82, 2.24) is 15.5 Å². The standard InChI is InChI=1S/C9H21N3.C2H6/c1-10-4-5-11-7-9-3-6-12(2)8-9;1-2/h9-11H,3-8H2,1-2H3;1-2H3. The topological polar surface area (TPSA) is 27.3 Å². The maximum atomic E-state index is 3.46. The molecule has 86 valence electrons. The van der Waals surface area contributed by atoms with Crippen LogP contribution < -0.4 is 10.6 Å². The molecular weight excluding hydrogens is 174 g/mol. The molecule has 1 aliphatic rings. The zero-order chi connectivity index (χ0) is 10.8. The van der Waals surface area contributed by atoms with E-state index in [0.29, 0.717) is 0 Å². The van der Waals surface area contributed by atoms with Crippen LogP contribution in [0.2, 0.25) is 0 Å². The Hall–Kier alpha value is -0.120. The first-order chi connectivity index (χ1) is 6.83. The van der Waals surface area contributed by atoms with Crippen molar-refractivity contribution in [2.75, 3.05) is 46.8 Å². The number of hydrogen-bond donors (Lipinski definition) is 2. The Balaban J connectivity index is 0.000000791. The fourth-order valence-electron chi connectivity index (χ4n) is 1.71. The van der Waals surface area contributed by atoms with Gasteiger partial charge in [-0.1, -0.05) is 13.8 Å². The van der Waals surface area contributed by atoms with Crippen molar-refractivity contribution in [3.63, 3.8) is 0 Å². The van der Waals surface area contributed by atoms with Crippen molar-refractivity contribution in [1.29, 1.82) is 0 Å². The number of nitrogens with one attached hydrogen (secondary N) is 2. The molecule has 2 N–H and O–H groups in total. The van der Waals surface area contributed by atoms with Crippen LogP contribution in [-0.2, 0) is 0 Å². The first-order valence-electron chi connectivity index (χ1n) is 5.87.